The third-order valence-corrected chi connectivity index (χ3v) is 3.42. The SMILES string of the molecule is COc1ccc(NC(=O)CCCCCCN)cc1-n1cnnn1. The van der Waals surface area contributed by atoms with E-state index in [1.807, 2.05) is 0 Å². The van der Waals surface area contributed by atoms with Crippen LogP contribution in [0.3, 0.4) is 0 Å². The van der Waals surface area contributed by atoms with Crippen molar-refractivity contribution in [3.63, 3.8) is 0 Å². The molecule has 1 amide bonds. The van der Waals surface area contributed by atoms with E-state index in [-0.39, 0.29) is 5.91 Å². The normalized spacial score (nSPS) is 10.5. The van der Waals surface area contributed by atoms with Gasteiger partial charge in [-0.3, -0.25) is 4.79 Å². The first-order valence-corrected chi connectivity index (χ1v) is 7.66. The fraction of sp³-hybridized carbons (Fsp3) is 0.467. The quantitative estimate of drug-likeness (QED) is 0.679. The van der Waals surface area contributed by atoms with Crippen molar-refractivity contribution >= 4 is 11.6 Å². The summed E-state index contributed by atoms with van der Waals surface area (Å²) in [5.41, 5.74) is 6.79. The third-order valence-electron chi connectivity index (χ3n) is 3.42. The molecular formula is C15H22N6O2. The van der Waals surface area contributed by atoms with Gasteiger partial charge < -0.3 is 15.8 Å². The molecule has 0 bridgehead atoms. The van der Waals surface area contributed by atoms with Crippen LogP contribution in [0.5, 0.6) is 5.75 Å². The number of tetrazole rings is 1. The fourth-order valence-corrected chi connectivity index (χ4v) is 2.23. The second kappa shape index (κ2) is 8.84. The number of anilines is 1. The van der Waals surface area contributed by atoms with E-state index in [4.69, 9.17) is 10.5 Å². The maximum absolute atomic E-state index is 12.0. The highest BCUT2D eigenvalue weighted by Crippen LogP contribution is 2.25. The molecule has 0 spiro atoms. The Morgan fingerprint density at radius 1 is 1.30 bits per heavy atom. The number of unbranched alkanes of at least 4 members (excludes halogenated alkanes) is 3. The number of carbonyl (C=O) groups is 1. The van der Waals surface area contributed by atoms with E-state index in [0.717, 1.165) is 25.7 Å². The maximum Gasteiger partial charge on any atom is 0.224 e. The molecule has 8 heteroatoms. The van der Waals surface area contributed by atoms with Gasteiger partial charge in [0.25, 0.3) is 0 Å². The summed E-state index contributed by atoms with van der Waals surface area (Å²) in [5, 5.41) is 14.0. The number of nitrogens with one attached hydrogen (secondary N) is 1. The standard InChI is InChI=1S/C15H22N6O2/c1-23-14-8-7-12(10-13(14)21-11-17-19-20-21)18-15(22)6-4-2-3-5-9-16/h7-8,10-11H,2-6,9,16H2,1H3,(H,18,22). The summed E-state index contributed by atoms with van der Waals surface area (Å²) in [6.07, 6.45) is 5.92. The van der Waals surface area contributed by atoms with Crippen molar-refractivity contribution in [2.75, 3.05) is 19.0 Å². The molecule has 1 heterocycles. The number of methoxy groups -OCH3 is 1. The van der Waals surface area contributed by atoms with E-state index in [1.165, 1.54) is 11.0 Å². The van der Waals surface area contributed by atoms with Crippen molar-refractivity contribution in [1.82, 2.24) is 20.2 Å². The Bertz CT molecular complexity index is 614. The molecular weight excluding hydrogens is 296 g/mol. The van der Waals surface area contributed by atoms with Crippen molar-refractivity contribution < 1.29 is 9.53 Å². The van der Waals surface area contributed by atoms with E-state index in [2.05, 4.69) is 20.8 Å². The van der Waals surface area contributed by atoms with Crippen molar-refractivity contribution in [3.05, 3.63) is 24.5 Å². The monoisotopic (exact) mass is 318 g/mol. The Hall–Kier alpha value is -2.48. The van der Waals surface area contributed by atoms with Crippen LogP contribution in [-0.2, 0) is 4.79 Å². The Morgan fingerprint density at radius 3 is 2.83 bits per heavy atom. The molecule has 124 valence electrons. The largest absolute Gasteiger partial charge is 0.494 e. The molecule has 0 saturated carbocycles. The van der Waals surface area contributed by atoms with Gasteiger partial charge in [-0.05, 0) is 48.0 Å². The van der Waals surface area contributed by atoms with Crippen molar-refractivity contribution in [2.24, 2.45) is 5.73 Å². The van der Waals surface area contributed by atoms with Crippen LogP contribution in [-0.4, -0.2) is 39.8 Å². The van der Waals surface area contributed by atoms with Gasteiger partial charge in [-0.15, -0.1) is 5.10 Å². The Morgan fingerprint density at radius 2 is 2.13 bits per heavy atom. The van der Waals surface area contributed by atoms with Gasteiger partial charge in [-0.1, -0.05) is 12.8 Å². The minimum Gasteiger partial charge on any atom is -0.494 e. The van der Waals surface area contributed by atoms with Gasteiger partial charge in [-0.25, -0.2) is 0 Å². The molecule has 2 rings (SSSR count). The molecule has 0 radical (unpaired) electrons. The van der Waals surface area contributed by atoms with Crippen LogP contribution >= 0.6 is 0 Å². The average molecular weight is 318 g/mol. The number of carbonyl (C=O) groups excluding carboxylic acids is 1. The molecule has 0 saturated heterocycles. The van der Waals surface area contributed by atoms with Gasteiger partial charge in [0.2, 0.25) is 5.91 Å². The van der Waals surface area contributed by atoms with Crippen molar-refractivity contribution in [2.45, 2.75) is 32.1 Å². The first kappa shape index (κ1) is 16.9. The molecule has 1 aromatic heterocycles. The van der Waals surface area contributed by atoms with Gasteiger partial charge in [0.1, 0.15) is 17.8 Å². The number of aromatic nitrogens is 4. The first-order chi connectivity index (χ1) is 11.2. The molecule has 8 nitrogen and oxygen atoms in total. The summed E-state index contributed by atoms with van der Waals surface area (Å²) in [5.74, 6) is 0.614. The molecule has 2 aromatic rings. The van der Waals surface area contributed by atoms with Crippen LogP contribution in [0.1, 0.15) is 32.1 Å². The summed E-state index contributed by atoms with van der Waals surface area (Å²) in [7, 11) is 1.57. The summed E-state index contributed by atoms with van der Waals surface area (Å²) < 4.78 is 6.78. The zero-order chi connectivity index (χ0) is 16.5. The molecule has 0 aliphatic carbocycles. The Balaban J connectivity index is 1.95. The number of nitrogens with zero attached hydrogens (tertiary/aromatic N) is 4. The summed E-state index contributed by atoms with van der Waals surface area (Å²) in [4.78, 5) is 12.0. The van der Waals surface area contributed by atoms with E-state index >= 15 is 0 Å². The second-order valence-electron chi connectivity index (χ2n) is 5.14. The summed E-state index contributed by atoms with van der Waals surface area (Å²) in [6.45, 7) is 0.706. The Kier molecular flexibility index (Phi) is 6.49. The number of hydrogen-bond acceptors (Lipinski definition) is 6. The van der Waals surface area contributed by atoms with Crippen LogP contribution in [0, 0.1) is 0 Å². The molecule has 1 aromatic carbocycles. The van der Waals surface area contributed by atoms with Crippen molar-refractivity contribution in [1.29, 1.82) is 0 Å². The number of ether oxygens (including phenoxy) is 1. The number of nitrogens with two attached hydrogens (primary N) is 1. The van der Waals surface area contributed by atoms with Crippen LogP contribution in [0.4, 0.5) is 5.69 Å². The average Bonchev–Trinajstić information content (AvgIpc) is 3.09. The Labute approximate surface area is 135 Å². The number of amides is 1. The molecule has 0 atom stereocenters. The third kappa shape index (κ3) is 5.03. The molecule has 3 N–H and O–H groups in total. The topological polar surface area (TPSA) is 108 Å². The van der Waals surface area contributed by atoms with E-state index < -0.39 is 0 Å². The lowest BCUT2D eigenvalue weighted by atomic mass is 10.1. The minimum atomic E-state index is -0.00872. The van der Waals surface area contributed by atoms with Gasteiger partial charge in [-0.2, -0.15) is 4.68 Å². The molecule has 0 unspecified atom stereocenters. The fourth-order valence-electron chi connectivity index (χ4n) is 2.23. The molecule has 0 aliphatic rings. The highest BCUT2D eigenvalue weighted by atomic mass is 16.5. The van der Waals surface area contributed by atoms with Crippen LogP contribution in [0.2, 0.25) is 0 Å². The van der Waals surface area contributed by atoms with Crippen molar-refractivity contribution in [3.8, 4) is 11.4 Å². The van der Waals surface area contributed by atoms with Gasteiger partial charge >= 0.3 is 0 Å². The smallest absolute Gasteiger partial charge is 0.224 e. The first-order valence-electron chi connectivity index (χ1n) is 7.66. The van der Waals surface area contributed by atoms with Gasteiger partial charge in [0, 0.05) is 12.1 Å². The summed E-state index contributed by atoms with van der Waals surface area (Å²) in [6, 6.07) is 5.34. The molecule has 0 fully saturated rings. The minimum absolute atomic E-state index is 0.00872. The van der Waals surface area contributed by atoms with Gasteiger partial charge in [0.15, 0.2) is 0 Å². The predicted octanol–water partition coefficient (Wildman–Crippen LogP) is 1.52. The van der Waals surface area contributed by atoms with Crippen LogP contribution in [0.25, 0.3) is 5.69 Å². The summed E-state index contributed by atoms with van der Waals surface area (Å²) >= 11 is 0. The van der Waals surface area contributed by atoms with E-state index in [0.29, 0.717) is 30.1 Å². The van der Waals surface area contributed by atoms with Gasteiger partial charge in [0.05, 0.1) is 7.11 Å². The lowest BCUT2D eigenvalue weighted by Crippen LogP contribution is -2.12. The molecule has 0 aliphatic heterocycles. The maximum atomic E-state index is 12.0. The highest BCUT2D eigenvalue weighted by Gasteiger charge is 2.10. The lowest BCUT2D eigenvalue weighted by molar-refractivity contribution is -0.116. The predicted molar refractivity (Wildman–Crippen MR) is 86.5 cm³/mol. The lowest BCUT2D eigenvalue weighted by Gasteiger charge is -2.11. The highest BCUT2D eigenvalue weighted by molar-refractivity contribution is 5.91. The number of hydrogen-bond donors (Lipinski definition) is 2. The zero-order valence-corrected chi connectivity index (χ0v) is 13.2. The zero-order valence-electron chi connectivity index (χ0n) is 13.2. The molecule has 23 heavy (non-hydrogen) atoms. The van der Waals surface area contributed by atoms with Crippen LogP contribution < -0.4 is 15.8 Å². The second-order valence-corrected chi connectivity index (χ2v) is 5.14. The van der Waals surface area contributed by atoms with E-state index in [9.17, 15) is 4.79 Å². The number of benzene rings is 1. The van der Waals surface area contributed by atoms with Crippen LogP contribution in [0.15, 0.2) is 24.5 Å². The number of rotatable bonds is 9. The van der Waals surface area contributed by atoms with E-state index in [1.54, 1.807) is 25.3 Å².